The number of benzene rings is 2. The van der Waals surface area contributed by atoms with E-state index >= 15 is 0 Å². The Labute approximate surface area is 198 Å². The zero-order chi connectivity index (χ0) is 23.7. The third kappa shape index (κ3) is 8.07. The topological polar surface area (TPSA) is 90.5 Å². The quantitative estimate of drug-likeness (QED) is 0.166. The maximum atomic E-state index is 12.9. The predicted octanol–water partition coefficient (Wildman–Crippen LogP) is 5.12. The monoisotopic (exact) mass is 473 g/mol. The van der Waals surface area contributed by atoms with Crippen LogP contribution in [0.4, 0.5) is 0 Å². The molecule has 8 heteroatoms. The lowest BCUT2D eigenvalue weighted by Crippen LogP contribution is -2.31. The average Bonchev–Trinajstić information content (AvgIpc) is 2.74. The van der Waals surface area contributed by atoms with Crippen LogP contribution in [0.3, 0.4) is 0 Å². The van der Waals surface area contributed by atoms with Gasteiger partial charge in [0, 0.05) is 41.8 Å². The molecule has 0 bridgehead atoms. The Morgan fingerprint density at radius 1 is 1.19 bits per heavy atom. The van der Waals surface area contributed by atoms with Gasteiger partial charge in [-0.15, -0.1) is 0 Å². The molecule has 2 rings (SSSR count). The van der Waals surface area contributed by atoms with Crippen molar-refractivity contribution in [3.8, 4) is 0 Å². The van der Waals surface area contributed by atoms with E-state index in [1.165, 1.54) is 6.92 Å². The minimum atomic E-state index is -0.280. The van der Waals surface area contributed by atoms with Gasteiger partial charge in [-0.25, -0.2) is 4.72 Å². The molecule has 0 aromatic heterocycles. The number of amides is 2. The molecule has 2 aromatic rings. The van der Waals surface area contributed by atoms with Crippen molar-refractivity contribution in [1.82, 2.24) is 14.8 Å². The van der Waals surface area contributed by atoms with Crippen molar-refractivity contribution in [3.63, 3.8) is 0 Å². The molecule has 0 heterocycles. The maximum Gasteiger partial charge on any atom is 0.247 e. The molecular formula is C24H28ClN3O3S. The van der Waals surface area contributed by atoms with Crippen molar-refractivity contribution >= 4 is 47.4 Å². The summed E-state index contributed by atoms with van der Waals surface area (Å²) in [5.74, 6) is -0.357. The Morgan fingerprint density at radius 2 is 1.88 bits per heavy atom. The van der Waals surface area contributed by atoms with E-state index in [2.05, 4.69) is 21.3 Å². The third-order valence-electron chi connectivity index (χ3n) is 4.73. The number of aryl methyl sites for hydroxylation is 1. The molecular weight excluding hydrogens is 446 g/mol. The molecule has 4 N–H and O–H groups in total. The number of nitrogens with one attached hydrogen (secondary N) is 3. The summed E-state index contributed by atoms with van der Waals surface area (Å²) in [6, 6.07) is 12.5. The second-order valence-electron chi connectivity index (χ2n) is 7.37. The molecule has 1 atom stereocenters. The Morgan fingerprint density at radius 3 is 2.50 bits per heavy atom. The first kappa shape index (κ1) is 25.5. The van der Waals surface area contributed by atoms with Crippen molar-refractivity contribution in [1.29, 1.82) is 0 Å². The van der Waals surface area contributed by atoms with Crippen LogP contribution in [-0.4, -0.2) is 23.5 Å². The van der Waals surface area contributed by atoms with Gasteiger partial charge < -0.3 is 10.4 Å². The average molecular weight is 474 g/mol. The zero-order valence-corrected chi connectivity index (χ0v) is 19.9. The lowest BCUT2D eigenvalue weighted by molar-refractivity contribution is -0.118. The first-order valence-corrected chi connectivity index (χ1v) is 11.3. The van der Waals surface area contributed by atoms with Gasteiger partial charge in [-0.05, 0) is 55.2 Å². The number of aliphatic hydroxyl groups is 1. The fraction of sp³-hybridized carbons (Fsp3) is 0.250. The Bertz CT molecular complexity index is 1010. The van der Waals surface area contributed by atoms with Crippen LogP contribution in [0.25, 0.3) is 11.8 Å². The number of aliphatic hydroxyl groups excluding tert-OH is 1. The summed E-state index contributed by atoms with van der Waals surface area (Å²) < 4.78 is 5.65. The minimum Gasteiger partial charge on any atom is -0.508 e. The fourth-order valence-corrected chi connectivity index (χ4v) is 3.55. The van der Waals surface area contributed by atoms with Crippen molar-refractivity contribution in [2.45, 2.75) is 33.2 Å². The van der Waals surface area contributed by atoms with E-state index < -0.39 is 0 Å². The summed E-state index contributed by atoms with van der Waals surface area (Å²) in [6.45, 7) is 9.23. The summed E-state index contributed by atoms with van der Waals surface area (Å²) in [6.07, 6.45) is 2.40. The highest BCUT2D eigenvalue weighted by molar-refractivity contribution is 7.96. The lowest BCUT2D eigenvalue weighted by atomic mass is 10.0. The van der Waals surface area contributed by atoms with Crippen LogP contribution in [0.15, 0.2) is 54.6 Å². The highest BCUT2D eigenvalue weighted by Gasteiger charge is 2.16. The van der Waals surface area contributed by atoms with Crippen LogP contribution in [0.2, 0.25) is 5.02 Å². The van der Waals surface area contributed by atoms with Gasteiger partial charge in [-0.1, -0.05) is 48.5 Å². The van der Waals surface area contributed by atoms with Crippen molar-refractivity contribution < 1.29 is 14.7 Å². The maximum absolute atomic E-state index is 12.9. The number of hydrogen-bond donors (Lipinski definition) is 4. The number of hydrogen-bond acceptors (Lipinski definition) is 5. The van der Waals surface area contributed by atoms with Gasteiger partial charge in [-0.2, -0.15) is 0 Å². The third-order valence-corrected chi connectivity index (χ3v) is 5.70. The standard InChI is InChI=1S/C24H28ClN3O3S/c1-15-5-10-22(25)14-21(15)13-16(2)24(31)27-23(11-12-26-32-28-18(4)30)20-8-6-19(7-9-20)17(3)29/h5-10,13-14,23,26,29H,3,11-12H2,1-2,4H3,(H,27,31)(H,28,30)/b16-13+. The van der Waals surface area contributed by atoms with E-state index in [9.17, 15) is 14.7 Å². The number of carbonyl (C=O) groups excluding carboxylic acids is 2. The van der Waals surface area contributed by atoms with Gasteiger partial charge >= 0.3 is 0 Å². The molecule has 0 radical (unpaired) electrons. The molecule has 0 aliphatic carbocycles. The number of halogens is 1. The largest absolute Gasteiger partial charge is 0.508 e. The molecule has 2 aromatic carbocycles. The fourth-order valence-electron chi connectivity index (χ4n) is 2.93. The summed E-state index contributed by atoms with van der Waals surface area (Å²) in [5.41, 5.74) is 3.98. The van der Waals surface area contributed by atoms with Crippen LogP contribution in [0.5, 0.6) is 0 Å². The van der Waals surface area contributed by atoms with Crippen LogP contribution in [0, 0.1) is 6.92 Å². The molecule has 170 valence electrons. The van der Waals surface area contributed by atoms with Gasteiger partial charge in [0.2, 0.25) is 11.8 Å². The Hall–Kier alpha value is -2.74. The second-order valence-corrected chi connectivity index (χ2v) is 8.50. The molecule has 0 saturated heterocycles. The van der Waals surface area contributed by atoms with Gasteiger partial charge in [0.05, 0.1) is 6.04 Å². The summed E-state index contributed by atoms with van der Waals surface area (Å²) in [5, 5.41) is 13.3. The van der Waals surface area contributed by atoms with Gasteiger partial charge in [0.25, 0.3) is 0 Å². The van der Waals surface area contributed by atoms with Crippen molar-refractivity contribution in [2.24, 2.45) is 0 Å². The van der Waals surface area contributed by atoms with Crippen LogP contribution in [-0.2, 0) is 9.59 Å². The number of rotatable bonds is 10. The van der Waals surface area contributed by atoms with E-state index in [1.54, 1.807) is 19.1 Å². The van der Waals surface area contributed by atoms with Gasteiger partial charge in [0.15, 0.2) is 0 Å². The lowest BCUT2D eigenvalue weighted by Gasteiger charge is -2.20. The molecule has 0 fully saturated rings. The van der Waals surface area contributed by atoms with E-state index in [0.717, 1.165) is 28.8 Å². The normalized spacial score (nSPS) is 12.2. The summed E-state index contributed by atoms with van der Waals surface area (Å²) in [7, 11) is 0. The molecule has 0 aliphatic rings. The Balaban J connectivity index is 2.15. The molecule has 0 spiro atoms. The van der Waals surface area contributed by atoms with E-state index in [1.807, 2.05) is 43.3 Å². The summed E-state index contributed by atoms with van der Waals surface area (Å²) >= 11 is 7.20. The molecule has 0 saturated carbocycles. The first-order chi connectivity index (χ1) is 15.2. The SMILES string of the molecule is C=C(O)c1ccc(C(CCNSNC(C)=O)NC(=O)/C(C)=C/c2cc(Cl)ccc2C)cc1. The highest BCUT2D eigenvalue weighted by atomic mass is 35.5. The van der Waals surface area contributed by atoms with E-state index in [4.69, 9.17) is 11.6 Å². The number of carbonyl (C=O) groups is 2. The molecule has 2 amide bonds. The Kier molecular flexibility index (Phi) is 9.84. The van der Waals surface area contributed by atoms with E-state index in [0.29, 0.717) is 29.1 Å². The first-order valence-electron chi connectivity index (χ1n) is 10.1. The van der Waals surface area contributed by atoms with Crippen LogP contribution in [0.1, 0.15) is 48.6 Å². The highest BCUT2D eigenvalue weighted by Crippen LogP contribution is 2.22. The van der Waals surface area contributed by atoms with Crippen LogP contribution >= 0.6 is 23.7 Å². The van der Waals surface area contributed by atoms with Crippen molar-refractivity contribution in [2.75, 3.05) is 6.54 Å². The van der Waals surface area contributed by atoms with Crippen LogP contribution < -0.4 is 14.8 Å². The predicted molar refractivity (Wildman–Crippen MR) is 133 cm³/mol. The summed E-state index contributed by atoms with van der Waals surface area (Å²) in [4.78, 5) is 23.9. The smallest absolute Gasteiger partial charge is 0.247 e. The molecule has 0 aliphatic heterocycles. The molecule has 1 unspecified atom stereocenters. The van der Waals surface area contributed by atoms with Crippen molar-refractivity contribution in [3.05, 3.63) is 81.9 Å². The van der Waals surface area contributed by atoms with Gasteiger partial charge in [-0.3, -0.25) is 14.3 Å². The van der Waals surface area contributed by atoms with E-state index in [-0.39, 0.29) is 23.6 Å². The molecule has 32 heavy (non-hydrogen) atoms. The second kappa shape index (κ2) is 12.3. The van der Waals surface area contributed by atoms with Gasteiger partial charge in [0.1, 0.15) is 5.76 Å². The zero-order valence-electron chi connectivity index (χ0n) is 18.4. The minimum absolute atomic E-state index is 0.0128. The molecule has 6 nitrogen and oxygen atoms in total.